The second-order valence-electron chi connectivity index (χ2n) is 5.84. The van der Waals surface area contributed by atoms with Gasteiger partial charge in [-0.3, -0.25) is 0 Å². The lowest BCUT2D eigenvalue weighted by Gasteiger charge is -2.36. The highest BCUT2D eigenvalue weighted by Gasteiger charge is 2.36. The second kappa shape index (κ2) is 4.71. The van der Waals surface area contributed by atoms with Gasteiger partial charge in [0.15, 0.2) is 8.32 Å². The zero-order valence-electron chi connectivity index (χ0n) is 11.4. The molecule has 0 atom stereocenters. The van der Waals surface area contributed by atoms with E-state index in [0.717, 1.165) is 13.2 Å². The Labute approximate surface area is 100.0 Å². The minimum Gasteiger partial charge on any atom is -0.415 e. The van der Waals surface area contributed by atoms with Crippen molar-refractivity contribution in [2.45, 2.75) is 52.4 Å². The van der Waals surface area contributed by atoms with Gasteiger partial charge in [-0.1, -0.05) is 20.8 Å². The average molecular weight is 240 g/mol. The maximum absolute atomic E-state index is 6.11. The van der Waals surface area contributed by atoms with Crippen LogP contribution in [-0.2, 0) is 11.0 Å². The Morgan fingerprint density at radius 2 is 2.00 bits per heavy atom. The number of rotatable bonds is 4. The van der Waals surface area contributed by atoms with Crippen LogP contribution in [0, 0.1) is 6.92 Å². The van der Waals surface area contributed by atoms with Crippen molar-refractivity contribution >= 4 is 8.32 Å². The SMILES string of the molecule is Cc1cncn1CCO[Si](C)(C)C(C)(C)C. The van der Waals surface area contributed by atoms with Gasteiger partial charge in [-0.2, -0.15) is 0 Å². The maximum Gasteiger partial charge on any atom is 0.192 e. The third kappa shape index (κ3) is 3.19. The van der Waals surface area contributed by atoms with Crippen molar-refractivity contribution in [1.82, 2.24) is 9.55 Å². The lowest BCUT2D eigenvalue weighted by atomic mass is 10.2. The summed E-state index contributed by atoms with van der Waals surface area (Å²) in [7, 11) is -1.59. The highest BCUT2D eigenvalue weighted by molar-refractivity contribution is 6.74. The summed E-state index contributed by atoms with van der Waals surface area (Å²) in [5, 5.41) is 0.289. The Kier molecular flexibility index (Phi) is 3.96. The molecule has 1 aromatic heterocycles. The fourth-order valence-electron chi connectivity index (χ4n) is 1.24. The smallest absolute Gasteiger partial charge is 0.192 e. The quantitative estimate of drug-likeness (QED) is 0.756. The van der Waals surface area contributed by atoms with E-state index in [1.165, 1.54) is 5.69 Å². The minimum absolute atomic E-state index is 0.289. The first-order valence-corrected chi connectivity index (χ1v) is 8.75. The van der Waals surface area contributed by atoms with Gasteiger partial charge in [0.2, 0.25) is 0 Å². The molecule has 1 aromatic rings. The van der Waals surface area contributed by atoms with Crippen LogP contribution in [0.25, 0.3) is 0 Å². The van der Waals surface area contributed by atoms with Crippen LogP contribution < -0.4 is 0 Å². The molecule has 3 nitrogen and oxygen atoms in total. The van der Waals surface area contributed by atoms with E-state index in [1.807, 2.05) is 12.5 Å². The molecule has 1 heterocycles. The highest BCUT2D eigenvalue weighted by Crippen LogP contribution is 2.36. The molecule has 0 unspecified atom stereocenters. The number of hydrogen-bond donors (Lipinski definition) is 0. The van der Waals surface area contributed by atoms with Gasteiger partial charge in [-0.15, -0.1) is 0 Å². The Hall–Kier alpha value is -0.613. The van der Waals surface area contributed by atoms with E-state index in [-0.39, 0.29) is 5.04 Å². The number of aromatic nitrogens is 2. The van der Waals surface area contributed by atoms with Crippen LogP contribution in [0.1, 0.15) is 26.5 Å². The van der Waals surface area contributed by atoms with E-state index < -0.39 is 8.32 Å². The topological polar surface area (TPSA) is 27.1 Å². The molecule has 0 amide bonds. The molecule has 0 aliphatic heterocycles. The molecule has 0 saturated carbocycles. The molecule has 0 saturated heterocycles. The molecule has 0 spiro atoms. The van der Waals surface area contributed by atoms with Crippen molar-refractivity contribution in [2.24, 2.45) is 0 Å². The molecule has 16 heavy (non-hydrogen) atoms. The Morgan fingerprint density at radius 3 is 2.44 bits per heavy atom. The van der Waals surface area contributed by atoms with Gasteiger partial charge in [0.05, 0.1) is 12.9 Å². The van der Waals surface area contributed by atoms with Crippen LogP contribution in [0.2, 0.25) is 18.1 Å². The number of aryl methyl sites for hydroxylation is 1. The minimum atomic E-state index is -1.59. The number of nitrogens with zero attached hydrogens (tertiary/aromatic N) is 2. The van der Waals surface area contributed by atoms with Crippen LogP contribution in [-0.4, -0.2) is 24.5 Å². The normalized spacial score (nSPS) is 13.1. The van der Waals surface area contributed by atoms with Crippen LogP contribution >= 0.6 is 0 Å². The van der Waals surface area contributed by atoms with Crippen molar-refractivity contribution in [3.05, 3.63) is 18.2 Å². The first-order chi connectivity index (χ1) is 7.24. The van der Waals surface area contributed by atoms with Gasteiger partial charge in [0.25, 0.3) is 0 Å². The maximum atomic E-state index is 6.11. The zero-order valence-corrected chi connectivity index (χ0v) is 12.4. The highest BCUT2D eigenvalue weighted by atomic mass is 28.4. The molecule has 0 N–H and O–H groups in total. The molecule has 1 rings (SSSR count). The van der Waals surface area contributed by atoms with Crippen molar-refractivity contribution in [3.8, 4) is 0 Å². The summed E-state index contributed by atoms with van der Waals surface area (Å²) in [5.41, 5.74) is 1.19. The Balaban J connectivity index is 2.45. The summed E-state index contributed by atoms with van der Waals surface area (Å²) >= 11 is 0. The molecule has 0 aliphatic rings. The summed E-state index contributed by atoms with van der Waals surface area (Å²) in [6.07, 6.45) is 3.75. The molecule has 0 fully saturated rings. The molecule has 0 bridgehead atoms. The first-order valence-electron chi connectivity index (χ1n) is 5.85. The zero-order chi connectivity index (χ0) is 12.4. The van der Waals surface area contributed by atoms with E-state index in [0.29, 0.717) is 0 Å². The van der Waals surface area contributed by atoms with Gasteiger partial charge < -0.3 is 8.99 Å². The molecule has 0 aromatic carbocycles. The van der Waals surface area contributed by atoms with Crippen molar-refractivity contribution in [3.63, 3.8) is 0 Å². The third-order valence-electron chi connectivity index (χ3n) is 3.52. The van der Waals surface area contributed by atoms with Gasteiger partial charge >= 0.3 is 0 Å². The summed E-state index contributed by atoms with van der Waals surface area (Å²) in [6.45, 7) is 15.1. The Bertz CT molecular complexity index is 339. The van der Waals surface area contributed by atoms with Crippen molar-refractivity contribution < 1.29 is 4.43 Å². The molecular weight excluding hydrogens is 216 g/mol. The fraction of sp³-hybridized carbons (Fsp3) is 0.750. The van der Waals surface area contributed by atoms with Crippen molar-refractivity contribution in [1.29, 1.82) is 0 Å². The van der Waals surface area contributed by atoms with Crippen LogP contribution in [0.15, 0.2) is 12.5 Å². The summed E-state index contributed by atoms with van der Waals surface area (Å²) in [6, 6.07) is 0. The predicted octanol–water partition coefficient (Wildman–Crippen LogP) is 3.21. The van der Waals surface area contributed by atoms with Crippen LogP contribution in [0.3, 0.4) is 0 Å². The number of hydrogen-bond acceptors (Lipinski definition) is 2. The van der Waals surface area contributed by atoms with E-state index in [4.69, 9.17) is 4.43 Å². The molecule has 0 aliphatic carbocycles. The van der Waals surface area contributed by atoms with Crippen molar-refractivity contribution in [2.75, 3.05) is 6.61 Å². The predicted molar refractivity (Wildman–Crippen MR) is 70.1 cm³/mol. The van der Waals surface area contributed by atoms with Gasteiger partial charge in [-0.25, -0.2) is 4.98 Å². The summed E-state index contributed by atoms with van der Waals surface area (Å²) in [5.74, 6) is 0. The van der Waals surface area contributed by atoms with E-state index in [2.05, 4.69) is 50.3 Å². The first kappa shape index (κ1) is 13.5. The summed E-state index contributed by atoms with van der Waals surface area (Å²) < 4.78 is 8.24. The monoisotopic (exact) mass is 240 g/mol. The fourth-order valence-corrected chi connectivity index (χ4v) is 2.27. The van der Waals surface area contributed by atoms with Crippen LogP contribution in [0.5, 0.6) is 0 Å². The molecule has 92 valence electrons. The van der Waals surface area contributed by atoms with Gasteiger partial charge in [0.1, 0.15) is 0 Å². The molecule has 0 radical (unpaired) electrons. The molecule has 4 heteroatoms. The summed E-state index contributed by atoms with van der Waals surface area (Å²) in [4.78, 5) is 4.10. The molecular formula is C12H24N2OSi. The third-order valence-corrected chi connectivity index (χ3v) is 8.06. The lowest BCUT2D eigenvalue weighted by molar-refractivity contribution is 0.271. The average Bonchev–Trinajstić information content (AvgIpc) is 2.49. The van der Waals surface area contributed by atoms with Gasteiger partial charge in [-0.05, 0) is 25.1 Å². The van der Waals surface area contributed by atoms with Gasteiger partial charge in [0, 0.05) is 18.4 Å². The second-order valence-corrected chi connectivity index (χ2v) is 10.6. The number of imidazole rings is 1. The van der Waals surface area contributed by atoms with Crippen LogP contribution in [0.4, 0.5) is 0 Å². The van der Waals surface area contributed by atoms with E-state index >= 15 is 0 Å². The standard InChI is InChI=1S/C12H24N2OSi/c1-11-9-13-10-14(11)7-8-15-16(5,6)12(2,3)4/h9-10H,7-8H2,1-6H3. The van der Waals surface area contributed by atoms with E-state index in [9.17, 15) is 0 Å². The Morgan fingerprint density at radius 1 is 1.38 bits per heavy atom. The lowest BCUT2D eigenvalue weighted by Crippen LogP contribution is -2.41. The van der Waals surface area contributed by atoms with E-state index in [1.54, 1.807) is 0 Å². The largest absolute Gasteiger partial charge is 0.415 e.